The summed E-state index contributed by atoms with van der Waals surface area (Å²) in [6, 6.07) is 0.151. The van der Waals surface area contributed by atoms with Gasteiger partial charge in [-0.05, 0) is 26.4 Å². The van der Waals surface area contributed by atoms with Crippen molar-refractivity contribution in [3.8, 4) is 0 Å². The van der Waals surface area contributed by atoms with Crippen molar-refractivity contribution in [2.75, 3.05) is 40.3 Å². The number of hydrogen-bond acceptors (Lipinski definition) is 3. The molecule has 20 heavy (non-hydrogen) atoms. The van der Waals surface area contributed by atoms with E-state index in [1.165, 1.54) is 4.90 Å². The number of hydrogen-bond donors (Lipinski definition) is 1. The lowest BCUT2D eigenvalue weighted by Gasteiger charge is -2.34. The molecule has 0 aliphatic carbocycles. The molecule has 1 rings (SSSR count). The smallest absolute Gasteiger partial charge is 0.320 e. The first-order chi connectivity index (χ1) is 9.36. The van der Waals surface area contributed by atoms with Gasteiger partial charge in [-0.1, -0.05) is 13.8 Å². The number of carbonyl (C=O) groups excluding carboxylic acids is 1. The Morgan fingerprint density at radius 1 is 1.40 bits per heavy atom. The van der Waals surface area contributed by atoms with Gasteiger partial charge in [0.25, 0.3) is 0 Å². The molecule has 6 nitrogen and oxygen atoms in total. The zero-order valence-corrected chi connectivity index (χ0v) is 13.0. The van der Waals surface area contributed by atoms with Crippen LogP contribution < -0.4 is 0 Å². The van der Waals surface area contributed by atoms with E-state index < -0.39 is 11.9 Å². The Balaban J connectivity index is 2.69. The van der Waals surface area contributed by atoms with Gasteiger partial charge in [-0.25, -0.2) is 4.79 Å². The van der Waals surface area contributed by atoms with Gasteiger partial charge in [-0.15, -0.1) is 0 Å². The third kappa shape index (κ3) is 4.37. The average Bonchev–Trinajstić information content (AvgIpc) is 2.58. The number of likely N-dealkylation sites (N-methyl/N-ethyl adjacent to an activating group) is 1. The van der Waals surface area contributed by atoms with E-state index >= 15 is 0 Å². The van der Waals surface area contributed by atoms with Crippen LogP contribution in [0.25, 0.3) is 0 Å². The fraction of sp³-hybridized carbons (Fsp3) is 0.857. The van der Waals surface area contributed by atoms with Crippen molar-refractivity contribution >= 4 is 12.0 Å². The van der Waals surface area contributed by atoms with Crippen LogP contribution in [0.2, 0.25) is 0 Å². The molecule has 2 unspecified atom stereocenters. The zero-order valence-electron chi connectivity index (χ0n) is 13.0. The fourth-order valence-corrected chi connectivity index (χ4v) is 2.63. The molecular weight excluding hydrogens is 258 g/mol. The number of carbonyl (C=O) groups is 2. The Morgan fingerprint density at radius 3 is 2.60 bits per heavy atom. The lowest BCUT2D eigenvalue weighted by Crippen LogP contribution is -2.50. The molecule has 2 atom stereocenters. The van der Waals surface area contributed by atoms with Gasteiger partial charge < -0.3 is 19.8 Å². The first-order valence-electron chi connectivity index (χ1n) is 7.29. The summed E-state index contributed by atoms with van der Waals surface area (Å²) in [5.41, 5.74) is 0. The molecule has 6 heteroatoms. The molecule has 116 valence electrons. The van der Waals surface area contributed by atoms with E-state index in [1.54, 1.807) is 14.0 Å². The van der Waals surface area contributed by atoms with E-state index in [0.29, 0.717) is 0 Å². The first-order valence-corrected chi connectivity index (χ1v) is 7.29. The molecule has 1 heterocycles. The lowest BCUT2D eigenvalue weighted by molar-refractivity contribution is -0.141. The molecule has 0 spiro atoms. The van der Waals surface area contributed by atoms with Crippen molar-refractivity contribution in [1.82, 2.24) is 14.7 Å². The molecule has 0 aromatic rings. The summed E-state index contributed by atoms with van der Waals surface area (Å²) >= 11 is 0. The molecule has 1 N–H and O–H groups in total. The highest BCUT2D eigenvalue weighted by Crippen LogP contribution is 2.14. The molecule has 0 bridgehead atoms. The number of aliphatic carboxylic acids is 1. The Bertz CT molecular complexity index is 349. The summed E-state index contributed by atoms with van der Waals surface area (Å²) in [7, 11) is 3.76. The largest absolute Gasteiger partial charge is 0.481 e. The standard InChI is InChI=1S/C14H27N3O3/c1-5-12-10-15(3)7-6-8-17(12)14(20)16(4)9-11(2)13(18)19/h11-12H,5-10H2,1-4H3,(H,18,19). The van der Waals surface area contributed by atoms with Crippen LogP contribution in [0.5, 0.6) is 0 Å². The predicted octanol–water partition coefficient (Wildman–Crippen LogP) is 1.18. The fourth-order valence-electron chi connectivity index (χ4n) is 2.63. The van der Waals surface area contributed by atoms with Gasteiger partial charge >= 0.3 is 12.0 Å². The van der Waals surface area contributed by atoms with Gasteiger partial charge in [0.15, 0.2) is 0 Å². The molecule has 0 aromatic heterocycles. The van der Waals surface area contributed by atoms with Crippen LogP contribution in [0, 0.1) is 5.92 Å². The number of carboxylic acids is 1. The average molecular weight is 285 g/mol. The first kappa shape index (κ1) is 16.8. The minimum Gasteiger partial charge on any atom is -0.481 e. The molecular formula is C14H27N3O3. The van der Waals surface area contributed by atoms with Crippen molar-refractivity contribution in [2.45, 2.75) is 32.7 Å². The van der Waals surface area contributed by atoms with Gasteiger partial charge in [0, 0.05) is 32.7 Å². The maximum Gasteiger partial charge on any atom is 0.320 e. The summed E-state index contributed by atoms with van der Waals surface area (Å²) in [5, 5.41) is 8.94. The van der Waals surface area contributed by atoms with Crippen LogP contribution in [-0.2, 0) is 4.79 Å². The van der Waals surface area contributed by atoms with Crippen molar-refractivity contribution < 1.29 is 14.7 Å². The van der Waals surface area contributed by atoms with E-state index in [4.69, 9.17) is 5.11 Å². The van der Waals surface area contributed by atoms with Crippen molar-refractivity contribution in [1.29, 1.82) is 0 Å². The van der Waals surface area contributed by atoms with Crippen LogP contribution in [0.3, 0.4) is 0 Å². The molecule has 1 aliphatic rings. The monoisotopic (exact) mass is 285 g/mol. The molecule has 0 saturated carbocycles. The maximum atomic E-state index is 12.5. The second kappa shape index (κ2) is 7.47. The maximum absolute atomic E-state index is 12.5. The van der Waals surface area contributed by atoms with E-state index in [9.17, 15) is 9.59 Å². The molecule has 1 aliphatic heterocycles. The minimum atomic E-state index is -0.868. The quantitative estimate of drug-likeness (QED) is 0.842. The Hall–Kier alpha value is -1.30. The highest BCUT2D eigenvalue weighted by atomic mass is 16.4. The second-order valence-electron chi connectivity index (χ2n) is 5.77. The van der Waals surface area contributed by atoms with Crippen LogP contribution in [0.4, 0.5) is 4.79 Å². The van der Waals surface area contributed by atoms with Gasteiger partial charge in [-0.3, -0.25) is 4.79 Å². The molecule has 2 amide bonds. The van der Waals surface area contributed by atoms with Crippen LogP contribution >= 0.6 is 0 Å². The van der Waals surface area contributed by atoms with E-state index in [-0.39, 0.29) is 18.6 Å². The Kier molecular flexibility index (Phi) is 6.26. The van der Waals surface area contributed by atoms with Crippen molar-refractivity contribution in [3.63, 3.8) is 0 Å². The topological polar surface area (TPSA) is 64.1 Å². The van der Waals surface area contributed by atoms with Gasteiger partial charge in [0.1, 0.15) is 0 Å². The third-order valence-electron chi connectivity index (χ3n) is 3.91. The third-order valence-corrected chi connectivity index (χ3v) is 3.91. The Morgan fingerprint density at radius 2 is 2.05 bits per heavy atom. The summed E-state index contributed by atoms with van der Waals surface area (Å²) in [5.74, 6) is -1.41. The molecule has 1 fully saturated rings. The van der Waals surface area contributed by atoms with Crippen LogP contribution in [-0.4, -0.2) is 78.1 Å². The van der Waals surface area contributed by atoms with Gasteiger partial charge in [0.2, 0.25) is 0 Å². The minimum absolute atomic E-state index is 0.0553. The lowest BCUT2D eigenvalue weighted by atomic mass is 10.1. The second-order valence-corrected chi connectivity index (χ2v) is 5.77. The highest BCUT2D eigenvalue weighted by molar-refractivity contribution is 5.76. The number of nitrogens with zero attached hydrogens (tertiary/aromatic N) is 3. The zero-order chi connectivity index (χ0) is 15.3. The molecule has 1 saturated heterocycles. The van der Waals surface area contributed by atoms with Crippen LogP contribution in [0.15, 0.2) is 0 Å². The summed E-state index contributed by atoms with van der Waals surface area (Å²) in [6.07, 6.45) is 1.87. The number of amides is 2. The van der Waals surface area contributed by atoms with Gasteiger partial charge in [0.05, 0.1) is 5.92 Å². The normalized spacial score (nSPS) is 22.2. The summed E-state index contributed by atoms with van der Waals surface area (Å²) < 4.78 is 0. The van der Waals surface area contributed by atoms with Crippen molar-refractivity contribution in [3.05, 3.63) is 0 Å². The summed E-state index contributed by atoms with van der Waals surface area (Å²) in [4.78, 5) is 29.1. The van der Waals surface area contributed by atoms with E-state index in [0.717, 1.165) is 32.5 Å². The SMILES string of the molecule is CCC1CN(C)CCCN1C(=O)N(C)CC(C)C(=O)O. The van der Waals surface area contributed by atoms with Crippen molar-refractivity contribution in [2.24, 2.45) is 5.92 Å². The van der Waals surface area contributed by atoms with Crippen LogP contribution in [0.1, 0.15) is 26.7 Å². The number of rotatable bonds is 4. The summed E-state index contributed by atoms with van der Waals surface area (Å²) in [6.45, 7) is 6.58. The predicted molar refractivity (Wildman–Crippen MR) is 77.7 cm³/mol. The molecule has 0 aromatic carbocycles. The highest BCUT2D eigenvalue weighted by Gasteiger charge is 2.29. The van der Waals surface area contributed by atoms with Gasteiger partial charge in [-0.2, -0.15) is 0 Å². The Labute approximate surface area is 121 Å². The number of carboxylic acid groups (broad SMARTS) is 1. The molecule has 0 radical (unpaired) electrons. The van der Waals surface area contributed by atoms with E-state index in [2.05, 4.69) is 18.9 Å². The number of urea groups is 1. The van der Waals surface area contributed by atoms with E-state index in [1.807, 2.05) is 4.90 Å².